The zero-order valence-electron chi connectivity index (χ0n) is 14.3. The molecule has 0 aliphatic carbocycles. The molecule has 1 unspecified atom stereocenters. The lowest BCUT2D eigenvalue weighted by Crippen LogP contribution is -2.43. The maximum absolute atomic E-state index is 12.4. The van der Waals surface area contributed by atoms with Crippen LogP contribution >= 0.6 is 0 Å². The van der Waals surface area contributed by atoms with Gasteiger partial charge in [0.05, 0.1) is 6.61 Å². The summed E-state index contributed by atoms with van der Waals surface area (Å²) in [6, 6.07) is 14.0. The average Bonchev–Trinajstić information content (AvgIpc) is 2.66. The zero-order valence-corrected chi connectivity index (χ0v) is 14.3. The molecule has 25 heavy (non-hydrogen) atoms. The van der Waals surface area contributed by atoms with E-state index in [1.165, 1.54) is 0 Å². The van der Waals surface area contributed by atoms with Crippen LogP contribution in [0.3, 0.4) is 0 Å². The number of hydrogen-bond acceptors (Lipinski definition) is 3. The number of terminal acetylenes is 1. The number of amides is 1. The Morgan fingerprint density at radius 3 is 2.92 bits per heavy atom. The molecule has 1 aliphatic rings. The number of rotatable bonds is 6. The third kappa shape index (κ3) is 4.74. The molecule has 4 heteroatoms. The van der Waals surface area contributed by atoms with E-state index in [2.05, 4.69) is 12.0 Å². The Morgan fingerprint density at radius 1 is 1.24 bits per heavy atom. The second kappa shape index (κ2) is 8.55. The van der Waals surface area contributed by atoms with E-state index >= 15 is 0 Å². The lowest BCUT2D eigenvalue weighted by atomic mass is 9.99. The van der Waals surface area contributed by atoms with E-state index in [0.29, 0.717) is 25.7 Å². The summed E-state index contributed by atoms with van der Waals surface area (Å²) in [6.45, 7) is 2.50. The van der Waals surface area contributed by atoms with Crippen LogP contribution in [0, 0.1) is 18.3 Å². The van der Waals surface area contributed by atoms with Gasteiger partial charge in [-0.1, -0.05) is 36.3 Å². The number of benzene rings is 2. The molecule has 3 rings (SSSR count). The van der Waals surface area contributed by atoms with Gasteiger partial charge in [0.25, 0.3) is 5.91 Å². The first-order chi connectivity index (χ1) is 12.3. The van der Waals surface area contributed by atoms with Crippen LogP contribution in [0.25, 0.3) is 10.8 Å². The number of likely N-dealkylation sites (tertiary alicyclic amines) is 1. The second-order valence-corrected chi connectivity index (χ2v) is 6.36. The molecule has 1 heterocycles. The number of piperidine rings is 1. The van der Waals surface area contributed by atoms with Crippen molar-refractivity contribution < 1.29 is 14.3 Å². The SMILES string of the molecule is C#CCOCC1CCCN(C(=O)COc2ccc3ccccc3c2)C1. The number of carbonyl (C=O) groups is 1. The first-order valence-electron chi connectivity index (χ1n) is 8.67. The number of nitrogens with zero attached hydrogens (tertiary/aromatic N) is 1. The molecule has 0 radical (unpaired) electrons. The van der Waals surface area contributed by atoms with E-state index in [1.807, 2.05) is 41.3 Å². The van der Waals surface area contributed by atoms with Crippen LogP contribution in [0.15, 0.2) is 42.5 Å². The van der Waals surface area contributed by atoms with Crippen molar-refractivity contribution in [3.63, 3.8) is 0 Å². The lowest BCUT2D eigenvalue weighted by molar-refractivity contribution is -0.135. The Kier molecular flexibility index (Phi) is 5.92. The zero-order chi connectivity index (χ0) is 17.5. The van der Waals surface area contributed by atoms with Crippen molar-refractivity contribution in [2.24, 2.45) is 5.92 Å². The van der Waals surface area contributed by atoms with Crippen LogP contribution in [0.2, 0.25) is 0 Å². The van der Waals surface area contributed by atoms with Crippen molar-refractivity contribution in [2.75, 3.05) is 32.9 Å². The summed E-state index contributed by atoms with van der Waals surface area (Å²) >= 11 is 0. The quantitative estimate of drug-likeness (QED) is 0.600. The minimum atomic E-state index is 0.0230. The molecule has 1 saturated heterocycles. The van der Waals surface area contributed by atoms with E-state index in [4.69, 9.17) is 15.9 Å². The maximum atomic E-state index is 12.4. The summed E-state index contributed by atoms with van der Waals surface area (Å²) in [4.78, 5) is 14.3. The van der Waals surface area contributed by atoms with Gasteiger partial charge in [-0.2, -0.15) is 0 Å². The second-order valence-electron chi connectivity index (χ2n) is 6.36. The average molecular weight is 337 g/mol. The van der Waals surface area contributed by atoms with Gasteiger partial charge in [-0.25, -0.2) is 0 Å². The Labute approximate surface area is 148 Å². The fraction of sp³-hybridized carbons (Fsp3) is 0.381. The lowest BCUT2D eigenvalue weighted by Gasteiger charge is -2.32. The third-order valence-corrected chi connectivity index (χ3v) is 4.49. The standard InChI is InChI=1S/C21H23NO3/c1-2-12-24-15-17-6-5-11-22(14-17)21(23)16-25-20-10-9-18-7-3-4-8-19(18)13-20/h1,3-4,7-10,13,17H,5-6,11-12,14-16H2. The van der Waals surface area contributed by atoms with Crippen LogP contribution < -0.4 is 4.74 Å². The first-order valence-corrected chi connectivity index (χ1v) is 8.67. The molecule has 1 aliphatic heterocycles. The molecular formula is C21H23NO3. The highest BCUT2D eigenvalue weighted by atomic mass is 16.5. The van der Waals surface area contributed by atoms with E-state index in [9.17, 15) is 4.79 Å². The van der Waals surface area contributed by atoms with E-state index < -0.39 is 0 Å². The number of ether oxygens (including phenoxy) is 2. The van der Waals surface area contributed by atoms with Crippen LogP contribution in [-0.2, 0) is 9.53 Å². The van der Waals surface area contributed by atoms with E-state index in [-0.39, 0.29) is 12.5 Å². The van der Waals surface area contributed by atoms with Gasteiger partial charge in [0.1, 0.15) is 12.4 Å². The Bertz CT molecular complexity index is 765. The Balaban J connectivity index is 1.51. The molecule has 2 aromatic carbocycles. The number of hydrogen-bond donors (Lipinski definition) is 0. The molecule has 1 atom stereocenters. The summed E-state index contributed by atoms with van der Waals surface area (Å²) < 4.78 is 11.1. The van der Waals surface area contributed by atoms with Crippen molar-refractivity contribution in [1.29, 1.82) is 0 Å². The molecule has 0 saturated carbocycles. The van der Waals surface area contributed by atoms with Crippen molar-refractivity contribution in [1.82, 2.24) is 4.90 Å². The van der Waals surface area contributed by atoms with Gasteiger partial charge in [0.15, 0.2) is 6.61 Å². The first kappa shape index (κ1) is 17.3. The van der Waals surface area contributed by atoms with Crippen molar-refractivity contribution in [3.05, 3.63) is 42.5 Å². The van der Waals surface area contributed by atoms with Gasteiger partial charge < -0.3 is 14.4 Å². The summed E-state index contributed by atoms with van der Waals surface area (Å²) in [5.41, 5.74) is 0. The largest absolute Gasteiger partial charge is 0.484 e. The summed E-state index contributed by atoms with van der Waals surface area (Å²) in [5.74, 6) is 3.57. The fourth-order valence-corrected chi connectivity index (χ4v) is 3.21. The van der Waals surface area contributed by atoms with Crippen molar-refractivity contribution in [2.45, 2.75) is 12.8 Å². The monoisotopic (exact) mass is 337 g/mol. The predicted octanol–water partition coefficient (Wildman–Crippen LogP) is 3.11. The van der Waals surface area contributed by atoms with Gasteiger partial charge in [-0.3, -0.25) is 4.79 Å². The minimum absolute atomic E-state index is 0.0230. The summed E-state index contributed by atoms with van der Waals surface area (Å²) in [5, 5.41) is 2.27. The van der Waals surface area contributed by atoms with Crippen LogP contribution in [0.5, 0.6) is 5.75 Å². The highest BCUT2D eigenvalue weighted by Crippen LogP contribution is 2.21. The molecule has 1 fully saturated rings. The molecule has 1 amide bonds. The summed E-state index contributed by atoms with van der Waals surface area (Å²) in [6.07, 6.45) is 7.25. The van der Waals surface area contributed by atoms with Crippen LogP contribution in [0.4, 0.5) is 0 Å². The van der Waals surface area contributed by atoms with Gasteiger partial charge in [0, 0.05) is 13.1 Å². The summed E-state index contributed by atoms with van der Waals surface area (Å²) in [7, 11) is 0. The smallest absolute Gasteiger partial charge is 0.260 e. The maximum Gasteiger partial charge on any atom is 0.260 e. The van der Waals surface area contributed by atoms with Gasteiger partial charge in [0.2, 0.25) is 0 Å². The van der Waals surface area contributed by atoms with E-state index in [0.717, 1.165) is 35.9 Å². The molecule has 130 valence electrons. The van der Waals surface area contributed by atoms with Crippen LogP contribution in [0.1, 0.15) is 12.8 Å². The molecule has 0 N–H and O–H groups in total. The molecule has 2 aromatic rings. The van der Waals surface area contributed by atoms with E-state index in [1.54, 1.807) is 0 Å². The number of carbonyl (C=O) groups excluding carboxylic acids is 1. The minimum Gasteiger partial charge on any atom is -0.484 e. The third-order valence-electron chi connectivity index (χ3n) is 4.49. The molecule has 0 aromatic heterocycles. The van der Waals surface area contributed by atoms with Crippen molar-refractivity contribution in [3.8, 4) is 18.1 Å². The van der Waals surface area contributed by atoms with Gasteiger partial charge in [-0.15, -0.1) is 6.42 Å². The Morgan fingerprint density at radius 2 is 2.08 bits per heavy atom. The fourth-order valence-electron chi connectivity index (χ4n) is 3.21. The highest BCUT2D eigenvalue weighted by molar-refractivity contribution is 5.84. The van der Waals surface area contributed by atoms with Gasteiger partial charge in [-0.05, 0) is 41.7 Å². The topological polar surface area (TPSA) is 38.8 Å². The Hall–Kier alpha value is -2.51. The highest BCUT2D eigenvalue weighted by Gasteiger charge is 2.24. The normalized spacial score (nSPS) is 17.2. The molecular weight excluding hydrogens is 314 g/mol. The number of fused-ring (bicyclic) bond motifs is 1. The van der Waals surface area contributed by atoms with Gasteiger partial charge >= 0.3 is 0 Å². The van der Waals surface area contributed by atoms with Crippen molar-refractivity contribution >= 4 is 16.7 Å². The predicted molar refractivity (Wildman–Crippen MR) is 98.4 cm³/mol. The van der Waals surface area contributed by atoms with Crippen LogP contribution in [-0.4, -0.2) is 43.7 Å². The molecule has 0 bridgehead atoms. The molecule has 0 spiro atoms. The molecule has 4 nitrogen and oxygen atoms in total.